The molecule has 0 heterocycles. The minimum atomic E-state index is -2.76. The van der Waals surface area contributed by atoms with E-state index in [0.29, 0.717) is 104 Å². The number of Topliss-reactive ketones (excluding diaryl/α,β-unsaturated/α-hetero) is 3. The molecule has 0 fully saturated rings. The van der Waals surface area contributed by atoms with Crippen LogP contribution in [0, 0.1) is 0 Å². The molecular formula is C77H97Cl2N5O10S4Si. The second-order valence-corrected chi connectivity index (χ2v) is 30.3. The summed E-state index contributed by atoms with van der Waals surface area (Å²) in [6.07, 6.45) is 9.47. The predicted octanol–water partition coefficient (Wildman–Crippen LogP) is 20.0. The molecule has 0 unspecified atom stereocenters. The highest BCUT2D eigenvalue weighted by molar-refractivity contribution is 8.77. The summed E-state index contributed by atoms with van der Waals surface area (Å²) >= 11 is 11.1. The first-order chi connectivity index (χ1) is 47.8. The number of carbonyl (C=O) groups is 7. The van der Waals surface area contributed by atoms with E-state index in [1.165, 1.54) is 62.8 Å². The molecular weight excluding hydrogens is 1380 g/mol. The van der Waals surface area contributed by atoms with Crippen molar-refractivity contribution in [2.75, 3.05) is 62.4 Å². The Hall–Kier alpha value is -6.53. The summed E-state index contributed by atoms with van der Waals surface area (Å²) in [5, 5.41) is 7.69. The first kappa shape index (κ1) is 84.9. The minimum absolute atomic E-state index is 0.0416. The number of ketones is 3. The lowest BCUT2D eigenvalue weighted by atomic mass is 10.0. The van der Waals surface area contributed by atoms with Crippen LogP contribution in [-0.2, 0) is 42.1 Å². The quantitative estimate of drug-likeness (QED) is 0.00704. The topological polar surface area (TPSA) is 213 Å². The second-order valence-electron chi connectivity index (χ2n) is 22.5. The average molecular weight is 1480 g/mol. The van der Waals surface area contributed by atoms with Crippen LogP contribution in [0.5, 0.6) is 0 Å². The third kappa shape index (κ3) is 32.8. The van der Waals surface area contributed by atoms with Crippen molar-refractivity contribution in [3.05, 3.63) is 209 Å². The van der Waals surface area contributed by atoms with Crippen molar-refractivity contribution in [3.63, 3.8) is 0 Å². The standard InChI is InChI=1S/C44H55N3O7S2Si.C14H8Cl2O2S2.C13H19NO.C6H15N/c1-5-9-10-16-37(48)31-33-21-25-35(26-22-33)46-43(50)39-18-12-14-20-42(39)56-55-41-19-13-11-17-38(41)40(49)32-34-23-27-36(28-24-34)47-44(51)45-29-15-30-57(52-6-2,53-7-3)54-8-4;15-13(17)9-5-1-3-7-11(9)19-20-12-8-4-2-6-10(12)14(16)18;1-2-3-4-5-13(15)10-11-6-8-12(14)9-7-11;1-4-7(5-2)6-3/h11-14,17-28H,5-10,15-16,29-32H2,1-4H3,(H,46,50)(H2,45,47,51);1-8H;6-9H,2-5,10,14H2,1H3;4-6H2,1-3H3. The molecule has 3 amide bonds. The molecule has 0 saturated heterocycles. The number of unbranched alkanes of at least 4 members (excludes halogenated alkanes) is 4. The summed E-state index contributed by atoms with van der Waals surface area (Å²) in [5.74, 6) is 0.271. The van der Waals surface area contributed by atoms with Gasteiger partial charge in [0.15, 0.2) is 5.78 Å². The maximum Gasteiger partial charge on any atom is 0.500 e. The molecule has 0 aliphatic rings. The molecule has 0 radical (unpaired) electrons. The van der Waals surface area contributed by atoms with Crippen LogP contribution in [0.25, 0.3) is 0 Å². The van der Waals surface area contributed by atoms with Crippen LogP contribution in [0.1, 0.15) is 171 Å². The Morgan fingerprint density at radius 1 is 0.434 bits per heavy atom. The van der Waals surface area contributed by atoms with Crippen LogP contribution in [-0.4, -0.2) is 99.5 Å². The Labute approximate surface area is 613 Å². The van der Waals surface area contributed by atoms with E-state index < -0.39 is 19.3 Å². The van der Waals surface area contributed by atoms with Crippen LogP contribution in [0.15, 0.2) is 189 Å². The first-order valence-corrected chi connectivity index (χ1v) is 40.9. The van der Waals surface area contributed by atoms with Gasteiger partial charge in [-0.3, -0.25) is 28.8 Å². The zero-order chi connectivity index (χ0) is 72.2. The fourth-order valence-corrected chi connectivity index (χ4v) is 17.5. The molecule has 5 N–H and O–H groups in total. The maximum absolute atomic E-state index is 13.6. The Kier molecular flexibility index (Phi) is 42.1. The Balaban J connectivity index is 0.000000395. The number of nitrogens with zero attached hydrogens (tertiary/aromatic N) is 1. The van der Waals surface area contributed by atoms with Gasteiger partial charge >= 0.3 is 14.8 Å². The Morgan fingerprint density at radius 3 is 1.19 bits per heavy atom. The molecule has 22 heteroatoms. The van der Waals surface area contributed by atoms with Gasteiger partial charge in [0.25, 0.3) is 16.4 Å². The van der Waals surface area contributed by atoms with E-state index in [-0.39, 0.29) is 29.9 Å². The van der Waals surface area contributed by atoms with Crippen molar-refractivity contribution in [2.24, 2.45) is 0 Å². The molecule has 0 spiro atoms. The van der Waals surface area contributed by atoms with Gasteiger partial charge in [0.1, 0.15) is 11.6 Å². The van der Waals surface area contributed by atoms with Crippen molar-refractivity contribution in [2.45, 2.75) is 158 Å². The zero-order valence-electron chi connectivity index (χ0n) is 58.3. The van der Waals surface area contributed by atoms with Crippen LogP contribution >= 0.6 is 66.4 Å². The van der Waals surface area contributed by atoms with E-state index >= 15 is 0 Å². The number of amides is 3. The van der Waals surface area contributed by atoms with E-state index in [0.717, 1.165) is 80.5 Å². The summed E-state index contributed by atoms with van der Waals surface area (Å²) in [5.41, 5.74) is 12.4. The summed E-state index contributed by atoms with van der Waals surface area (Å²) in [7, 11) is 2.81. The van der Waals surface area contributed by atoms with Gasteiger partial charge in [-0.1, -0.05) is 194 Å². The van der Waals surface area contributed by atoms with Crippen molar-refractivity contribution in [3.8, 4) is 0 Å². The highest BCUT2D eigenvalue weighted by atomic mass is 35.5. The van der Waals surface area contributed by atoms with Crippen molar-refractivity contribution < 1.29 is 46.8 Å². The lowest BCUT2D eigenvalue weighted by molar-refractivity contribution is -0.119. The van der Waals surface area contributed by atoms with Gasteiger partial charge in [0.2, 0.25) is 0 Å². The van der Waals surface area contributed by atoms with Gasteiger partial charge in [-0.25, -0.2) is 4.79 Å². The number of nitrogen functional groups attached to an aromatic ring is 1. The van der Waals surface area contributed by atoms with Gasteiger partial charge in [0, 0.05) is 118 Å². The number of hydrogen-bond acceptors (Lipinski definition) is 16. The van der Waals surface area contributed by atoms with Gasteiger partial charge in [-0.15, -0.1) is 0 Å². The monoisotopic (exact) mass is 1480 g/mol. The van der Waals surface area contributed by atoms with Crippen molar-refractivity contribution in [1.29, 1.82) is 0 Å². The van der Waals surface area contributed by atoms with Gasteiger partial charge in [0.05, 0.1) is 5.56 Å². The number of benzene rings is 7. The van der Waals surface area contributed by atoms with Crippen LogP contribution < -0.4 is 21.7 Å². The number of rotatable bonds is 39. The molecule has 7 rings (SSSR count). The number of anilines is 3. The molecule has 0 aromatic heterocycles. The van der Waals surface area contributed by atoms with Gasteiger partial charge in [-0.2, -0.15) is 0 Å². The number of hydrogen-bond donors (Lipinski definition) is 4. The van der Waals surface area contributed by atoms with Gasteiger partial charge in [-0.05, 0) is 178 Å². The lowest BCUT2D eigenvalue weighted by Crippen LogP contribution is -2.46. The fraction of sp³-hybridized carbons (Fsp3) is 0.364. The number of halogens is 2. The van der Waals surface area contributed by atoms with E-state index in [4.69, 9.17) is 42.2 Å². The van der Waals surface area contributed by atoms with E-state index in [1.807, 2.05) is 136 Å². The van der Waals surface area contributed by atoms with E-state index in [2.05, 4.69) is 55.5 Å². The highest BCUT2D eigenvalue weighted by Gasteiger charge is 2.39. The molecule has 0 aliphatic heterocycles. The van der Waals surface area contributed by atoms with Crippen LogP contribution in [0.2, 0.25) is 6.04 Å². The van der Waals surface area contributed by atoms with E-state index in [9.17, 15) is 33.6 Å². The molecule has 99 heavy (non-hydrogen) atoms. The largest absolute Gasteiger partial charge is 0.500 e. The maximum atomic E-state index is 13.6. The third-order valence-electron chi connectivity index (χ3n) is 15.0. The summed E-state index contributed by atoms with van der Waals surface area (Å²) < 4.78 is 17.7. The highest BCUT2D eigenvalue weighted by Crippen LogP contribution is 2.42. The number of nitrogens with one attached hydrogen (secondary N) is 3. The SMILES string of the molecule is CCCCCC(=O)Cc1ccc(N)cc1.CCCCCC(=O)Cc1ccc(NC(=O)c2ccccc2SSc2ccccc2C(=O)Cc2ccc(NC(=O)NCCC[Si](OCC)(OCC)OCC)cc2)cc1.CCN(CC)CC.O=C(Cl)c1ccccc1SSc1ccccc1C(=O)Cl. The molecule has 7 aromatic carbocycles. The zero-order valence-corrected chi connectivity index (χ0v) is 64.1. The molecule has 0 saturated carbocycles. The van der Waals surface area contributed by atoms with E-state index in [1.54, 1.807) is 54.6 Å². The van der Waals surface area contributed by atoms with Crippen LogP contribution in [0.4, 0.5) is 21.9 Å². The molecule has 532 valence electrons. The van der Waals surface area contributed by atoms with Crippen molar-refractivity contribution >= 4 is 132 Å². The second kappa shape index (κ2) is 49.1. The van der Waals surface area contributed by atoms with Crippen molar-refractivity contribution in [1.82, 2.24) is 10.2 Å². The molecule has 0 bridgehead atoms. The molecule has 7 aromatic rings. The predicted molar refractivity (Wildman–Crippen MR) is 416 cm³/mol. The third-order valence-corrected chi connectivity index (χ3v) is 23.6. The Morgan fingerprint density at radius 2 is 0.798 bits per heavy atom. The lowest BCUT2D eigenvalue weighted by Gasteiger charge is -2.28. The molecule has 0 aliphatic carbocycles. The number of urea groups is 1. The summed E-state index contributed by atoms with van der Waals surface area (Å²) in [6.45, 7) is 22.1. The number of nitrogens with two attached hydrogens (primary N) is 1. The fourth-order valence-electron chi connectivity index (χ4n) is 9.74. The van der Waals surface area contributed by atoms with Crippen LogP contribution in [0.3, 0.4) is 0 Å². The van der Waals surface area contributed by atoms with Gasteiger partial charge < -0.3 is 39.9 Å². The summed E-state index contributed by atoms with van der Waals surface area (Å²) in [6, 6.07) is 51.4. The summed E-state index contributed by atoms with van der Waals surface area (Å²) in [4.78, 5) is 91.4. The number of carbonyl (C=O) groups excluding carboxylic acids is 7. The molecule has 15 nitrogen and oxygen atoms in total. The molecule has 0 atom stereocenters. The minimum Gasteiger partial charge on any atom is -0.399 e. The Bertz CT molecular complexity index is 3510. The smallest absolute Gasteiger partial charge is 0.399 e. The normalized spacial score (nSPS) is 10.8. The first-order valence-electron chi connectivity index (χ1n) is 33.9. The average Bonchev–Trinajstić information content (AvgIpc) is 0.921.